The third-order valence-corrected chi connectivity index (χ3v) is 6.55. The molecule has 1 amide bonds. The van der Waals surface area contributed by atoms with Crippen molar-refractivity contribution < 1.29 is 22.5 Å². The molecule has 1 unspecified atom stereocenters. The molecule has 8 heteroatoms. The SMILES string of the molecule is COc1cccc(N2CCN(C(=O)c3ccc(CS(=O)c4ccc(F)cc4)o3)CC2)c1. The standard InChI is InChI=1S/C23H23FN2O4S/c1-29-19-4-2-3-18(15-19)25-11-13-26(14-12-25)23(27)22-10-7-20(30-22)16-31(28)21-8-5-17(24)6-9-21/h2-10,15H,11-14,16H2,1H3. The molecule has 3 aromatic rings. The smallest absolute Gasteiger partial charge is 0.289 e. The molecule has 0 spiro atoms. The van der Waals surface area contributed by atoms with E-state index in [2.05, 4.69) is 4.90 Å². The molecule has 0 aliphatic carbocycles. The number of furan rings is 1. The summed E-state index contributed by atoms with van der Waals surface area (Å²) in [6, 6.07) is 16.7. The Balaban J connectivity index is 1.34. The quantitative estimate of drug-likeness (QED) is 0.583. The first-order valence-electron chi connectivity index (χ1n) is 9.94. The Hall–Kier alpha value is -3.13. The number of halogens is 1. The van der Waals surface area contributed by atoms with E-state index in [0.717, 1.165) is 11.4 Å². The molecule has 2 aromatic carbocycles. The van der Waals surface area contributed by atoms with Crippen LogP contribution in [0.15, 0.2) is 70.0 Å². The van der Waals surface area contributed by atoms with Crippen LogP contribution in [0, 0.1) is 5.82 Å². The monoisotopic (exact) mass is 442 g/mol. The second-order valence-corrected chi connectivity index (χ2v) is 8.64. The topological polar surface area (TPSA) is 63.0 Å². The molecule has 0 radical (unpaired) electrons. The highest BCUT2D eigenvalue weighted by molar-refractivity contribution is 7.84. The summed E-state index contributed by atoms with van der Waals surface area (Å²) < 4.78 is 36.4. The van der Waals surface area contributed by atoms with Crippen LogP contribution in [0.2, 0.25) is 0 Å². The highest BCUT2D eigenvalue weighted by Gasteiger charge is 2.25. The third-order valence-electron chi connectivity index (χ3n) is 5.21. The van der Waals surface area contributed by atoms with Gasteiger partial charge in [0.05, 0.1) is 23.7 Å². The number of benzene rings is 2. The average molecular weight is 443 g/mol. The predicted octanol–water partition coefficient (Wildman–Crippen LogP) is 3.70. The van der Waals surface area contributed by atoms with E-state index in [1.807, 2.05) is 24.3 Å². The van der Waals surface area contributed by atoms with Crippen LogP contribution in [0.25, 0.3) is 0 Å². The Morgan fingerprint density at radius 2 is 1.81 bits per heavy atom. The Morgan fingerprint density at radius 3 is 2.52 bits per heavy atom. The van der Waals surface area contributed by atoms with Crippen molar-refractivity contribution in [3.8, 4) is 5.75 Å². The minimum atomic E-state index is -1.38. The van der Waals surface area contributed by atoms with E-state index in [1.165, 1.54) is 24.3 Å². The Labute approximate surface area is 182 Å². The lowest BCUT2D eigenvalue weighted by molar-refractivity contribution is 0.0713. The Bertz CT molecular complexity index is 1080. The van der Waals surface area contributed by atoms with Gasteiger partial charge in [0.25, 0.3) is 5.91 Å². The maximum Gasteiger partial charge on any atom is 0.289 e. The number of carbonyl (C=O) groups excluding carboxylic acids is 1. The molecule has 1 aromatic heterocycles. The molecule has 0 bridgehead atoms. The Morgan fingerprint density at radius 1 is 1.06 bits per heavy atom. The van der Waals surface area contributed by atoms with Crippen LogP contribution in [0.3, 0.4) is 0 Å². The highest BCUT2D eigenvalue weighted by Crippen LogP contribution is 2.23. The number of anilines is 1. The molecule has 0 N–H and O–H groups in total. The van der Waals surface area contributed by atoms with E-state index >= 15 is 0 Å². The fraction of sp³-hybridized carbons (Fsp3) is 0.261. The number of amides is 1. The van der Waals surface area contributed by atoms with Crippen molar-refractivity contribution in [3.63, 3.8) is 0 Å². The molecule has 162 valence electrons. The molecular weight excluding hydrogens is 419 g/mol. The fourth-order valence-electron chi connectivity index (χ4n) is 3.50. The number of hydrogen-bond donors (Lipinski definition) is 0. The zero-order valence-electron chi connectivity index (χ0n) is 17.1. The molecule has 0 saturated carbocycles. The van der Waals surface area contributed by atoms with Crippen molar-refractivity contribution in [1.82, 2.24) is 4.90 Å². The fourth-order valence-corrected chi connectivity index (χ4v) is 4.52. The van der Waals surface area contributed by atoms with Gasteiger partial charge in [-0.2, -0.15) is 0 Å². The summed E-state index contributed by atoms with van der Waals surface area (Å²) in [5, 5.41) is 0. The van der Waals surface area contributed by atoms with Crippen molar-refractivity contribution >= 4 is 22.4 Å². The van der Waals surface area contributed by atoms with Gasteiger partial charge < -0.3 is 19.0 Å². The van der Waals surface area contributed by atoms with E-state index in [9.17, 15) is 13.4 Å². The van der Waals surface area contributed by atoms with Crippen molar-refractivity contribution in [2.75, 3.05) is 38.2 Å². The molecule has 6 nitrogen and oxygen atoms in total. The molecule has 4 rings (SSSR count). The van der Waals surface area contributed by atoms with Gasteiger partial charge in [-0.05, 0) is 48.5 Å². The maximum atomic E-state index is 13.0. The minimum Gasteiger partial charge on any atom is -0.497 e. The van der Waals surface area contributed by atoms with Gasteiger partial charge in [0.2, 0.25) is 0 Å². The first kappa shape index (κ1) is 21.1. The molecule has 2 heterocycles. The number of methoxy groups -OCH3 is 1. The van der Waals surface area contributed by atoms with Gasteiger partial charge in [-0.3, -0.25) is 9.00 Å². The van der Waals surface area contributed by atoms with E-state index < -0.39 is 10.8 Å². The molecule has 1 aliphatic rings. The number of piperazine rings is 1. The molecular formula is C23H23FN2O4S. The van der Waals surface area contributed by atoms with E-state index in [1.54, 1.807) is 24.1 Å². The van der Waals surface area contributed by atoms with Gasteiger partial charge >= 0.3 is 0 Å². The van der Waals surface area contributed by atoms with Crippen molar-refractivity contribution in [2.45, 2.75) is 10.6 Å². The average Bonchev–Trinajstić information content (AvgIpc) is 3.27. The first-order valence-corrected chi connectivity index (χ1v) is 11.3. The zero-order valence-corrected chi connectivity index (χ0v) is 17.9. The molecule has 31 heavy (non-hydrogen) atoms. The van der Waals surface area contributed by atoms with Crippen LogP contribution in [0.5, 0.6) is 5.75 Å². The van der Waals surface area contributed by atoms with Crippen molar-refractivity contribution in [2.24, 2.45) is 0 Å². The van der Waals surface area contributed by atoms with Gasteiger partial charge in [-0.1, -0.05) is 6.07 Å². The highest BCUT2D eigenvalue weighted by atomic mass is 32.2. The van der Waals surface area contributed by atoms with Crippen LogP contribution in [0.1, 0.15) is 16.3 Å². The number of hydrogen-bond acceptors (Lipinski definition) is 5. The molecule has 1 atom stereocenters. The first-order chi connectivity index (χ1) is 15.0. The van der Waals surface area contributed by atoms with Gasteiger partial charge in [-0.25, -0.2) is 4.39 Å². The summed E-state index contributed by atoms with van der Waals surface area (Å²) in [6.07, 6.45) is 0. The van der Waals surface area contributed by atoms with Crippen LogP contribution in [0.4, 0.5) is 10.1 Å². The summed E-state index contributed by atoms with van der Waals surface area (Å²) in [4.78, 5) is 17.3. The van der Waals surface area contributed by atoms with Crippen LogP contribution < -0.4 is 9.64 Å². The summed E-state index contributed by atoms with van der Waals surface area (Å²) in [5.74, 6) is 1.07. The zero-order chi connectivity index (χ0) is 21.8. The lowest BCUT2D eigenvalue weighted by Gasteiger charge is -2.35. The number of carbonyl (C=O) groups is 1. The molecule has 1 aliphatic heterocycles. The third kappa shape index (κ3) is 4.96. The van der Waals surface area contributed by atoms with Gasteiger partial charge in [0.1, 0.15) is 17.3 Å². The summed E-state index contributed by atoms with van der Waals surface area (Å²) >= 11 is 0. The number of nitrogens with zero attached hydrogens (tertiary/aromatic N) is 2. The van der Waals surface area contributed by atoms with Crippen molar-refractivity contribution in [3.05, 3.63) is 78.0 Å². The number of ether oxygens (including phenoxy) is 1. The summed E-state index contributed by atoms with van der Waals surface area (Å²) in [5.41, 5.74) is 1.06. The van der Waals surface area contributed by atoms with Gasteiger partial charge in [0, 0.05) is 42.8 Å². The van der Waals surface area contributed by atoms with E-state index in [4.69, 9.17) is 9.15 Å². The van der Waals surface area contributed by atoms with Gasteiger partial charge in [-0.15, -0.1) is 0 Å². The second kappa shape index (κ2) is 9.34. The lowest BCUT2D eigenvalue weighted by Crippen LogP contribution is -2.48. The van der Waals surface area contributed by atoms with E-state index in [-0.39, 0.29) is 23.2 Å². The van der Waals surface area contributed by atoms with Crippen molar-refractivity contribution in [1.29, 1.82) is 0 Å². The van der Waals surface area contributed by atoms with Crippen LogP contribution in [-0.4, -0.2) is 48.3 Å². The molecule has 1 saturated heterocycles. The Kier molecular flexibility index (Phi) is 6.36. The van der Waals surface area contributed by atoms with Crippen LogP contribution >= 0.6 is 0 Å². The second-order valence-electron chi connectivity index (χ2n) is 7.19. The maximum absolute atomic E-state index is 13.0. The largest absolute Gasteiger partial charge is 0.497 e. The lowest BCUT2D eigenvalue weighted by atomic mass is 10.2. The summed E-state index contributed by atoms with van der Waals surface area (Å²) in [6.45, 7) is 2.57. The normalized spacial score (nSPS) is 15.0. The minimum absolute atomic E-state index is 0.128. The number of rotatable bonds is 6. The van der Waals surface area contributed by atoms with E-state index in [0.29, 0.717) is 36.8 Å². The molecule has 1 fully saturated rings. The summed E-state index contributed by atoms with van der Waals surface area (Å²) in [7, 11) is 0.263. The predicted molar refractivity (Wildman–Crippen MR) is 116 cm³/mol. The van der Waals surface area contributed by atoms with Crippen LogP contribution in [-0.2, 0) is 16.6 Å². The van der Waals surface area contributed by atoms with Gasteiger partial charge in [0.15, 0.2) is 5.76 Å².